The van der Waals surface area contributed by atoms with E-state index in [1.807, 2.05) is 44.2 Å². The van der Waals surface area contributed by atoms with Crippen molar-refractivity contribution in [2.24, 2.45) is 5.92 Å². The van der Waals surface area contributed by atoms with Crippen LogP contribution >= 0.6 is 0 Å². The fourth-order valence-electron chi connectivity index (χ4n) is 2.53. The quantitative estimate of drug-likeness (QED) is 0.521. The summed E-state index contributed by atoms with van der Waals surface area (Å²) in [5, 5.41) is 24.8. The van der Waals surface area contributed by atoms with Gasteiger partial charge in [-0.25, -0.2) is 4.79 Å². The second-order valence-electron chi connectivity index (χ2n) is 6.81. The number of benzene rings is 1. The lowest BCUT2D eigenvalue weighted by Crippen LogP contribution is -2.50. The van der Waals surface area contributed by atoms with Gasteiger partial charge in [0.05, 0.1) is 5.60 Å². The summed E-state index contributed by atoms with van der Waals surface area (Å²) in [7, 11) is 0. The highest BCUT2D eigenvalue weighted by Crippen LogP contribution is 2.18. The Morgan fingerprint density at radius 3 is 2.44 bits per heavy atom. The molecule has 0 bridgehead atoms. The molecule has 25 heavy (non-hydrogen) atoms. The van der Waals surface area contributed by atoms with Crippen molar-refractivity contribution in [1.82, 2.24) is 10.6 Å². The smallest absolute Gasteiger partial charge is 0.315 e. The third-order valence-electron chi connectivity index (χ3n) is 4.65. The van der Waals surface area contributed by atoms with Gasteiger partial charge in [-0.1, -0.05) is 50.6 Å². The lowest BCUT2D eigenvalue weighted by Gasteiger charge is -2.30. The van der Waals surface area contributed by atoms with Crippen molar-refractivity contribution in [2.75, 3.05) is 6.54 Å². The fraction of sp³-hybridized carbons (Fsp3) is 0.579. The van der Waals surface area contributed by atoms with E-state index in [1.165, 1.54) is 0 Å². The van der Waals surface area contributed by atoms with E-state index in [9.17, 15) is 14.7 Å². The molecule has 0 radical (unpaired) electrons. The number of urea groups is 1. The molecule has 0 aliphatic carbocycles. The van der Waals surface area contributed by atoms with E-state index in [0.717, 1.165) is 12.0 Å². The molecule has 2 amide bonds. The maximum atomic E-state index is 12.2. The zero-order chi connectivity index (χ0) is 18.9. The number of nitrogens with one attached hydrogen (secondary N) is 2. The predicted octanol–water partition coefficient (Wildman–Crippen LogP) is 2.56. The van der Waals surface area contributed by atoms with E-state index >= 15 is 0 Å². The number of hydrogen-bond acceptors (Lipinski definition) is 3. The molecule has 1 aromatic carbocycles. The van der Waals surface area contributed by atoms with Gasteiger partial charge in [0.15, 0.2) is 0 Å². The molecule has 1 aromatic rings. The van der Waals surface area contributed by atoms with Crippen LogP contribution in [-0.2, 0) is 11.2 Å². The predicted molar refractivity (Wildman–Crippen MR) is 97.4 cm³/mol. The van der Waals surface area contributed by atoms with Gasteiger partial charge in [0, 0.05) is 19.0 Å². The molecule has 0 aromatic heterocycles. The van der Waals surface area contributed by atoms with Crippen molar-refractivity contribution in [1.29, 1.82) is 0 Å². The Labute approximate surface area is 149 Å². The molecule has 6 nitrogen and oxygen atoms in total. The molecule has 0 aliphatic heterocycles. The first kappa shape index (κ1) is 21.0. The summed E-state index contributed by atoms with van der Waals surface area (Å²) in [6, 6.07) is 8.94. The van der Waals surface area contributed by atoms with E-state index in [-0.39, 0.29) is 24.9 Å². The molecule has 0 heterocycles. The third kappa shape index (κ3) is 8.03. The van der Waals surface area contributed by atoms with Crippen LogP contribution in [0.15, 0.2) is 30.3 Å². The average molecular weight is 350 g/mol. The van der Waals surface area contributed by atoms with E-state index < -0.39 is 17.6 Å². The standard InChI is InChI=1S/C19H30N2O4/c1-4-14(2)19(3,25)13-20-18(24)21-16(10-11-17(22)23)12-15-8-6-5-7-9-15/h5-9,14,16,25H,4,10-13H2,1-3H3,(H,22,23)(H2,20,21,24). The number of amides is 2. The van der Waals surface area contributed by atoms with E-state index in [4.69, 9.17) is 5.11 Å². The highest BCUT2D eigenvalue weighted by Gasteiger charge is 2.27. The Hall–Kier alpha value is -2.08. The molecule has 3 unspecified atom stereocenters. The van der Waals surface area contributed by atoms with Gasteiger partial charge < -0.3 is 20.8 Å². The molecule has 0 saturated heterocycles. The molecule has 140 valence electrons. The van der Waals surface area contributed by atoms with Gasteiger partial charge in [0.1, 0.15) is 0 Å². The fourth-order valence-corrected chi connectivity index (χ4v) is 2.53. The van der Waals surface area contributed by atoms with Gasteiger partial charge in [-0.2, -0.15) is 0 Å². The van der Waals surface area contributed by atoms with Gasteiger partial charge in [0.2, 0.25) is 0 Å². The molecular formula is C19H30N2O4. The monoisotopic (exact) mass is 350 g/mol. The van der Waals surface area contributed by atoms with E-state index in [2.05, 4.69) is 10.6 Å². The van der Waals surface area contributed by atoms with Crippen LogP contribution in [0.1, 0.15) is 45.6 Å². The van der Waals surface area contributed by atoms with Crippen molar-refractivity contribution < 1.29 is 19.8 Å². The number of carbonyl (C=O) groups is 2. The Morgan fingerprint density at radius 2 is 1.88 bits per heavy atom. The largest absolute Gasteiger partial charge is 0.481 e. The highest BCUT2D eigenvalue weighted by molar-refractivity contribution is 5.74. The van der Waals surface area contributed by atoms with Crippen LogP contribution < -0.4 is 10.6 Å². The van der Waals surface area contributed by atoms with E-state index in [0.29, 0.717) is 12.8 Å². The number of aliphatic carboxylic acids is 1. The SMILES string of the molecule is CCC(C)C(C)(O)CNC(=O)NC(CCC(=O)O)Cc1ccccc1. The van der Waals surface area contributed by atoms with Crippen LogP contribution in [0, 0.1) is 5.92 Å². The summed E-state index contributed by atoms with van der Waals surface area (Å²) < 4.78 is 0. The number of rotatable bonds is 10. The molecule has 0 fully saturated rings. The first-order chi connectivity index (χ1) is 11.7. The molecule has 6 heteroatoms. The van der Waals surface area contributed by atoms with Crippen LogP contribution in [0.2, 0.25) is 0 Å². The maximum Gasteiger partial charge on any atom is 0.315 e. The van der Waals surface area contributed by atoms with Crippen LogP contribution in [-0.4, -0.2) is 40.4 Å². The first-order valence-corrected chi connectivity index (χ1v) is 8.77. The lowest BCUT2D eigenvalue weighted by molar-refractivity contribution is -0.137. The third-order valence-corrected chi connectivity index (χ3v) is 4.65. The van der Waals surface area contributed by atoms with Gasteiger partial charge in [-0.15, -0.1) is 0 Å². The number of hydrogen-bond donors (Lipinski definition) is 4. The first-order valence-electron chi connectivity index (χ1n) is 8.77. The zero-order valence-electron chi connectivity index (χ0n) is 15.3. The zero-order valence-corrected chi connectivity index (χ0v) is 15.3. The maximum absolute atomic E-state index is 12.2. The number of carboxylic acids is 1. The molecule has 0 saturated carbocycles. The average Bonchev–Trinajstić information content (AvgIpc) is 2.58. The van der Waals surface area contributed by atoms with Gasteiger partial charge in [-0.05, 0) is 31.2 Å². The second-order valence-corrected chi connectivity index (χ2v) is 6.81. The summed E-state index contributed by atoms with van der Waals surface area (Å²) in [4.78, 5) is 23.0. The Kier molecular flexibility index (Phi) is 8.41. The van der Waals surface area contributed by atoms with Crippen molar-refractivity contribution in [3.63, 3.8) is 0 Å². The summed E-state index contributed by atoms with van der Waals surface area (Å²) in [5.74, 6) is -0.833. The van der Waals surface area contributed by atoms with Crippen molar-refractivity contribution in [3.05, 3.63) is 35.9 Å². The Morgan fingerprint density at radius 1 is 1.24 bits per heavy atom. The van der Waals surface area contributed by atoms with Crippen molar-refractivity contribution >= 4 is 12.0 Å². The summed E-state index contributed by atoms with van der Waals surface area (Å²) in [5.41, 5.74) is 0.0482. The normalized spacial score (nSPS) is 15.7. The number of carbonyl (C=O) groups excluding carboxylic acids is 1. The molecule has 4 N–H and O–H groups in total. The van der Waals surface area contributed by atoms with Crippen molar-refractivity contribution in [3.8, 4) is 0 Å². The van der Waals surface area contributed by atoms with Gasteiger partial charge in [-0.3, -0.25) is 4.79 Å². The summed E-state index contributed by atoms with van der Waals surface area (Å²) in [6.07, 6.45) is 1.70. The second kappa shape index (κ2) is 10.0. The van der Waals surface area contributed by atoms with Crippen LogP contribution in [0.4, 0.5) is 4.79 Å². The van der Waals surface area contributed by atoms with Crippen molar-refractivity contribution in [2.45, 2.75) is 58.1 Å². The van der Waals surface area contributed by atoms with Crippen LogP contribution in [0.5, 0.6) is 0 Å². The van der Waals surface area contributed by atoms with E-state index in [1.54, 1.807) is 6.92 Å². The Balaban J connectivity index is 2.60. The molecule has 1 rings (SSSR count). The number of carboxylic acid groups (broad SMARTS) is 1. The molecular weight excluding hydrogens is 320 g/mol. The Bertz CT molecular complexity index is 546. The minimum absolute atomic E-state index is 0.0115. The van der Waals surface area contributed by atoms with Gasteiger partial charge >= 0.3 is 12.0 Å². The molecule has 0 aliphatic rings. The number of aliphatic hydroxyl groups is 1. The summed E-state index contributed by atoms with van der Waals surface area (Å²) >= 11 is 0. The van der Waals surface area contributed by atoms with Crippen LogP contribution in [0.25, 0.3) is 0 Å². The topological polar surface area (TPSA) is 98.7 Å². The lowest BCUT2D eigenvalue weighted by atomic mass is 9.89. The minimum Gasteiger partial charge on any atom is -0.481 e. The summed E-state index contributed by atoms with van der Waals surface area (Å²) in [6.45, 7) is 5.77. The minimum atomic E-state index is -0.984. The molecule has 0 spiro atoms. The molecule has 3 atom stereocenters. The van der Waals surface area contributed by atoms with Crippen LogP contribution in [0.3, 0.4) is 0 Å². The highest BCUT2D eigenvalue weighted by atomic mass is 16.4. The van der Waals surface area contributed by atoms with Gasteiger partial charge in [0.25, 0.3) is 0 Å².